The van der Waals surface area contributed by atoms with Gasteiger partial charge in [0, 0.05) is 19.5 Å². The maximum atomic E-state index is 5.16. The van der Waals surface area contributed by atoms with Gasteiger partial charge < -0.3 is 15.2 Å². The fourth-order valence-corrected chi connectivity index (χ4v) is 3.41. The molecule has 2 N–H and O–H groups in total. The van der Waals surface area contributed by atoms with Crippen LogP contribution in [0.25, 0.3) is 0 Å². The van der Waals surface area contributed by atoms with Crippen LogP contribution in [-0.2, 0) is 6.42 Å². The summed E-state index contributed by atoms with van der Waals surface area (Å²) in [6.45, 7) is 8.46. The number of aliphatic imine (C=N–C) groups is 1. The lowest BCUT2D eigenvalue weighted by Gasteiger charge is -2.27. The number of aryl methyl sites for hydroxylation is 1. The lowest BCUT2D eigenvalue weighted by Crippen LogP contribution is -2.39. The Bertz CT molecular complexity index is 708. The second-order valence-corrected chi connectivity index (χ2v) is 6.80. The number of nitrogens with zero attached hydrogens (tertiary/aromatic N) is 4. The van der Waals surface area contributed by atoms with E-state index in [0.29, 0.717) is 30.7 Å². The molecule has 7 nitrogen and oxygen atoms in total. The van der Waals surface area contributed by atoms with Gasteiger partial charge in [0.25, 0.3) is 0 Å². The highest BCUT2D eigenvalue weighted by Crippen LogP contribution is 2.25. The maximum absolute atomic E-state index is 5.16. The molecule has 7 heteroatoms. The summed E-state index contributed by atoms with van der Waals surface area (Å²) in [5, 5.41) is 10.5. The summed E-state index contributed by atoms with van der Waals surface area (Å²) < 4.78 is 5.16. The second kappa shape index (κ2) is 10.1. The summed E-state index contributed by atoms with van der Waals surface area (Å²) in [4.78, 5) is 11.6. The number of hydrogen-bond acceptors (Lipinski definition) is 5. The van der Waals surface area contributed by atoms with Crippen LogP contribution in [0.5, 0.6) is 0 Å². The van der Waals surface area contributed by atoms with Gasteiger partial charge in [0.05, 0.1) is 12.6 Å². The number of aromatic nitrogens is 2. The van der Waals surface area contributed by atoms with Crippen LogP contribution in [0.4, 0.5) is 0 Å². The minimum atomic E-state index is 0.322. The van der Waals surface area contributed by atoms with E-state index in [1.54, 1.807) is 0 Å². The molecule has 2 heterocycles. The van der Waals surface area contributed by atoms with Crippen molar-refractivity contribution >= 4 is 5.96 Å². The van der Waals surface area contributed by atoms with Gasteiger partial charge in [-0.3, -0.25) is 9.89 Å². The fraction of sp³-hybridized carbons (Fsp3) is 0.550. The standard InChI is InChI=1S/C20H30N6O/c1-3-21-20(22-12-11-19-24-16(2)25-27-19)23-15-18(26-13-7-8-14-26)17-9-5-4-6-10-17/h4-6,9-10,18H,3,7-8,11-15H2,1-2H3,(H2,21,22,23). The average Bonchev–Trinajstić information content (AvgIpc) is 3.35. The monoisotopic (exact) mass is 370 g/mol. The van der Waals surface area contributed by atoms with Crippen LogP contribution in [0.3, 0.4) is 0 Å². The van der Waals surface area contributed by atoms with Crippen molar-refractivity contribution in [3.8, 4) is 0 Å². The number of benzene rings is 1. The van der Waals surface area contributed by atoms with E-state index in [4.69, 9.17) is 9.52 Å². The quantitative estimate of drug-likeness (QED) is 0.548. The lowest BCUT2D eigenvalue weighted by molar-refractivity contribution is 0.251. The molecular formula is C20H30N6O. The Morgan fingerprint density at radius 1 is 1.22 bits per heavy atom. The molecule has 0 spiro atoms. The van der Waals surface area contributed by atoms with Crippen LogP contribution < -0.4 is 10.6 Å². The largest absolute Gasteiger partial charge is 0.357 e. The zero-order valence-corrected chi connectivity index (χ0v) is 16.3. The summed E-state index contributed by atoms with van der Waals surface area (Å²) in [5.74, 6) is 2.14. The number of likely N-dealkylation sites (tertiary alicyclic amines) is 1. The first-order valence-electron chi connectivity index (χ1n) is 9.86. The van der Waals surface area contributed by atoms with Gasteiger partial charge in [0.15, 0.2) is 11.8 Å². The molecule has 1 aliphatic rings. The van der Waals surface area contributed by atoms with Crippen molar-refractivity contribution in [2.45, 2.75) is 39.2 Å². The Labute approximate surface area is 161 Å². The van der Waals surface area contributed by atoms with Gasteiger partial charge in [-0.1, -0.05) is 35.5 Å². The van der Waals surface area contributed by atoms with Crippen LogP contribution in [0.1, 0.15) is 43.1 Å². The molecule has 0 saturated carbocycles. The van der Waals surface area contributed by atoms with Gasteiger partial charge in [-0.2, -0.15) is 4.98 Å². The van der Waals surface area contributed by atoms with E-state index in [1.165, 1.54) is 18.4 Å². The van der Waals surface area contributed by atoms with Crippen molar-refractivity contribution in [1.82, 2.24) is 25.7 Å². The van der Waals surface area contributed by atoms with Crippen LogP contribution in [0, 0.1) is 6.92 Å². The maximum Gasteiger partial charge on any atom is 0.228 e. The highest BCUT2D eigenvalue weighted by Gasteiger charge is 2.23. The topological polar surface area (TPSA) is 78.6 Å². The Morgan fingerprint density at radius 2 is 2.00 bits per heavy atom. The van der Waals surface area contributed by atoms with Gasteiger partial charge in [-0.25, -0.2) is 0 Å². The normalized spacial score (nSPS) is 16.4. The predicted octanol–water partition coefficient (Wildman–Crippen LogP) is 2.31. The number of rotatable bonds is 8. The minimum absolute atomic E-state index is 0.322. The molecule has 2 aromatic rings. The van der Waals surface area contributed by atoms with Crippen molar-refractivity contribution in [2.75, 3.05) is 32.7 Å². The van der Waals surface area contributed by atoms with Crippen LogP contribution >= 0.6 is 0 Å². The molecule has 146 valence electrons. The van der Waals surface area contributed by atoms with Gasteiger partial charge >= 0.3 is 0 Å². The highest BCUT2D eigenvalue weighted by molar-refractivity contribution is 5.79. The predicted molar refractivity (Wildman–Crippen MR) is 107 cm³/mol. The number of guanidine groups is 1. The van der Waals surface area contributed by atoms with Crippen LogP contribution in [0.15, 0.2) is 39.8 Å². The Morgan fingerprint density at radius 3 is 2.67 bits per heavy atom. The highest BCUT2D eigenvalue weighted by atomic mass is 16.5. The summed E-state index contributed by atoms with van der Waals surface area (Å²) in [7, 11) is 0. The van der Waals surface area contributed by atoms with E-state index in [1.807, 2.05) is 6.92 Å². The molecule has 0 amide bonds. The summed E-state index contributed by atoms with van der Waals surface area (Å²) in [6.07, 6.45) is 3.23. The molecule has 1 atom stereocenters. The van der Waals surface area contributed by atoms with Crippen molar-refractivity contribution in [2.24, 2.45) is 4.99 Å². The molecule has 3 rings (SSSR count). The van der Waals surface area contributed by atoms with E-state index >= 15 is 0 Å². The first-order chi connectivity index (χ1) is 13.3. The molecule has 0 aliphatic carbocycles. The molecular weight excluding hydrogens is 340 g/mol. The van der Waals surface area contributed by atoms with Crippen molar-refractivity contribution in [3.63, 3.8) is 0 Å². The Hall–Kier alpha value is -2.41. The summed E-state index contributed by atoms with van der Waals surface area (Å²) >= 11 is 0. The van der Waals surface area contributed by atoms with Gasteiger partial charge in [-0.05, 0) is 45.3 Å². The van der Waals surface area contributed by atoms with E-state index in [2.05, 4.69) is 62.9 Å². The van der Waals surface area contributed by atoms with E-state index in [-0.39, 0.29) is 0 Å². The molecule has 1 saturated heterocycles. The van der Waals surface area contributed by atoms with Gasteiger partial charge in [0.2, 0.25) is 5.89 Å². The average molecular weight is 371 g/mol. The third-order valence-corrected chi connectivity index (χ3v) is 4.73. The second-order valence-electron chi connectivity index (χ2n) is 6.80. The van der Waals surface area contributed by atoms with E-state index in [0.717, 1.165) is 32.1 Å². The SMILES string of the molecule is CCNC(=NCC(c1ccccc1)N1CCCC1)NCCc1nc(C)no1. The van der Waals surface area contributed by atoms with Crippen molar-refractivity contribution in [3.05, 3.63) is 47.6 Å². The molecule has 1 fully saturated rings. The van der Waals surface area contributed by atoms with Crippen LogP contribution in [0.2, 0.25) is 0 Å². The zero-order valence-electron chi connectivity index (χ0n) is 16.3. The molecule has 1 aromatic heterocycles. The number of hydrogen-bond donors (Lipinski definition) is 2. The van der Waals surface area contributed by atoms with Gasteiger partial charge in [-0.15, -0.1) is 0 Å². The summed E-state index contributed by atoms with van der Waals surface area (Å²) in [5.41, 5.74) is 1.33. The molecule has 1 aliphatic heterocycles. The molecule has 0 radical (unpaired) electrons. The summed E-state index contributed by atoms with van der Waals surface area (Å²) in [6, 6.07) is 11.0. The lowest BCUT2D eigenvalue weighted by atomic mass is 10.1. The molecule has 0 bridgehead atoms. The third-order valence-electron chi connectivity index (χ3n) is 4.73. The smallest absolute Gasteiger partial charge is 0.228 e. The first-order valence-corrected chi connectivity index (χ1v) is 9.86. The first kappa shape index (κ1) is 19.4. The molecule has 1 aromatic carbocycles. The minimum Gasteiger partial charge on any atom is -0.357 e. The number of nitrogens with one attached hydrogen (secondary N) is 2. The van der Waals surface area contributed by atoms with E-state index in [9.17, 15) is 0 Å². The Kier molecular flexibility index (Phi) is 7.21. The van der Waals surface area contributed by atoms with E-state index < -0.39 is 0 Å². The van der Waals surface area contributed by atoms with Gasteiger partial charge in [0.1, 0.15) is 0 Å². The Balaban J connectivity index is 1.61. The van der Waals surface area contributed by atoms with Crippen molar-refractivity contribution < 1.29 is 4.52 Å². The fourth-order valence-electron chi connectivity index (χ4n) is 3.41. The van der Waals surface area contributed by atoms with Crippen LogP contribution in [-0.4, -0.2) is 53.7 Å². The third kappa shape index (κ3) is 5.79. The molecule has 27 heavy (non-hydrogen) atoms. The van der Waals surface area contributed by atoms with Crippen molar-refractivity contribution in [1.29, 1.82) is 0 Å². The zero-order chi connectivity index (χ0) is 18.9. The molecule has 1 unspecified atom stereocenters.